The van der Waals surface area contributed by atoms with E-state index in [9.17, 15) is 9.59 Å². The predicted molar refractivity (Wildman–Crippen MR) is 98.7 cm³/mol. The van der Waals surface area contributed by atoms with Gasteiger partial charge in [0.2, 0.25) is 0 Å². The van der Waals surface area contributed by atoms with E-state index in [4.69, 9.17) is 4.74 Å². The molecule has 2 heterocycles. The third kappa shape index (κ3) is 3.71. The van der Waals surface area contributed by atoms with Crippen molar-refractivity contribution in [1.29, 1.82) is 0 Å². The van der Waals surface area contributed by atoms with Crippen LogP contribution < -0.4 is 15.6 Å². The number of carbonyl (C=O) groups is 1. The molecule has 0 radical (unpaired) electrons. The Morgan fingerprint density at radius 3 is 2.80 bits per heavy atom. The standard InChI is InChI=1S/C18H19N3O3S/c1-11-8-14(24-3)10-17(22)21(11)7-6-19-18(23)13-4-5-15-16(9-13)25-12(2)20-15/h4-5,8-10H,6-7H2,1-3H3,(H,19,23). The molecule has 1 N–H and O–H groups in total. The van der Waals surface area contributed by atoms with Crippen LogP contribution in [0.1, 0.15) is 21.1 Å². The Balaban J connectivity index is 1.67. The number of pyridine rings is 1. The summed E-state index contributed by atoms with van der Waals surface area (Å²) in [4.78, 5) is 28.8. The Labute approximate surface area is 149 Å². The molecule has 1 amide bonds. The van der Waals surface area contributed by atoms with Crippen LogP contribution in [0.25, 0.3) is 10.2 Å². The van der Waals surface area contributed by atoms with E-state index in [1.54, 1.807) is 28.0 Å². The number of nitrogens with one attached hydrogen (secondary N) is 1. The highest BCUT2D eigenvalue weighted by molar-refractivity contribution is 7.18. The van der Waals surface area contributed by atoms with Crippen molar-refractivity contribution in [3.63, 3.8) is 0 Å². The van der Waals surface area contributed by atoms with Crippen molar-refractivity contribution in [3.05, 3.63) is 57.0 Å². The lowest BCUT2D eigenvalue weighted by Crippen LogP contribution is -2.31. The highest BCUT2D eigenvalue weighted by Crippen LogP contribution is 2.22. The van der Waals surface area contributed by atoms with E-state index in [0.29, 0.717) is 24.4 Å². The zero-order valence-corrected chi connectivity index (χ0v) is 15.1. The van der Waals surface area contributed by atoms with Gasteiger partial charge in [0.15, 0.2) is 0 Å². The molecule has 0 saturated heterocycles. The Hall–Kier alpha value is -2.67. The lowest BCUT2D eigenvalue weighted by molar-refractivity contribution is 0.0952. The molecule has 7 heteroatoms. The second-order valence-corrected chi connectivity index (χ2v) is 6.93. The van der Waals surface area contributed by atoms with Gasteiger partial charge in [0, 0.05) is 30.4 Å². The van der Waals surface area contributed by atoms with Crippen LogP contribution in [0.4, 0.5) is 0 Å². The van der Waals surface area contributed by atoms with E-state index in [1.807, 2.05) is 26.0 Å². The van der Waals surface area contributed by atoms with Gasteiger partial charge >= 0.3 is 0 Å². The minimum Gasteiger partial charge on any atom is -0.496 e. The summed E-state index contributed by atoms with van der Waals surface area (Å²) in [5.74, 6) is 0.378. The van der Waals surface area contributed by atoms with Gasteiger partial charge < -0.3 is 14.6 Å². The van der Waals surface area contributed by atoms with Crippen LogP contribution in [0, 0.1) is 13.8 Å². The highest BCUT2D eigenvalue weighted by atomic mass is 32.1. The summed E-state index contributed by atoms with van der Waals surface area (Å²) in [5.41, 5.74) is 2.14. The molecule has 0 aliphatic heterocycles. The molecule has 0 bridgehead atoms. The number of amides is 1. The first kappa shape index (κ1) is 17.2. The molecular weight excluding hydrogens is 338 g/mol. The summed E-state index contributed by atoms with van der Waals surface area (Å²) in [7, 11) is 1.53. The van der Waals surface area contributed by atoms with Crippen molar-refractivity contribution >= 4 is 27.5 Å². The number of ether oxygens (including phenoxy) is 1. The maximum absolute atomic E-state index is 12.3. The monoisotopic (exact) mass is 357 g/mol. The van der Waals surface area contributed by atoms with Gasteiger partial charge in [-0.1, -0.05) is 0 Å². The van der Waals surface area contributed by atoms with E-state index < -0.39 is 0 Å². The van der Waals surface area contributed by atoms with Gasteiger partial charge in [0.05, 0.1) is 22.3 Å². The van der Waals surface area contributed by atoms with Gasteiger partial charge in [-0.2, -0.15) is 0 Å². The first-order chi connectivity index (χ1) is 12.0. The summed E-state index contributed by atoms with van der Waals surface area (Å²) in [6, 6.07) is 8.70. The first-order valence-corrected chi connectivity index (χ1v) is 8.70. The van der Waals surface area contributed by atoms with Crippen LogP contribution in [0.3, 0.4) is 0 Å². The average Bonchev–Trinajstić information content (AvgIpc) is 2.95. The maximum Gasteiger partial charge on any atom is 0.254 e. The largest absolute Gasteiger partial charge is 0.496 e. The molecule has 6 nitrogen and oxygen atoms in total. The molecule has 0 atom stereocenters. The van der Waals surface area contributed by atoms with Crippen molar-refractivity contribution < 1.29 is 9.53 Å². The fourth-order valence-electron chi connectivity index (χ4n) is 2.67. The zero-order chi connectivity index (χ0) is 18.0. The molecule has 0 aliphatic carbocycles. The zero-order valence-electron chi connectivity index (χ0n) is 14.3. The third-order valence-corrected chi connectivity index (χ3v) is 4.86. The van der Waals surface area contributed by atoms with Crippen molar-refractivity contribution in [1.82, 2.24) is 14.9 Å². The molecule has 0 saturated carbocycles. The molecule has 3 rings (SSSR count). The number of nitrogens with zero attached hydrogens (tertiary/aromatic N) is 2. The van der Waals surface area contributed by atoms with Gasteiger partial charge in [-0.3, -0.25) is 9.59 Å². The third-order valence-electron chi connectivity index (χ3n) is 3.92. The fraction of sp³-hybridized carbons (Fsp3) is 0.278. The van der Waals surface area contributed by atoms with Crippen LogP contribution >= 0.6 is 11.3 Å². The average molecular weight is 357 g/mol. The number of hydrogen-bond donors (Lipinski definition) is 1. The summed E-state index contributed by atoms with van der Waals surface area (Å²) in [5, 5.41) is 3.83. The number of fused-ring (bicyclic) bond motifs is 1. The summed E-state index contributed by atoms with van der Waals surface area (Å²) >= 11 is 1.56. The van der Waals surface area contributed by atoms with Gasteiger partial charge in [-0.25, -0.2) is 4.98 Å². The molecule has 0 fully saturated rings. The van der Waals surface area contributed by atoms with E-state index in [0.717, 1.165) is 20.9 Å². The topological polar surface area (TPSA) is 73.2 Å². The molecule has 3 aromatic rings. The molecule has 0 spiro atoms. The second-order valence-electron chi connectivity index (χ2n) is 5.70. The predicted octanol–water partition coefficient (Wildman–Crippen LogP) is 2.51. The number of thiazole rings is 1. The van der Waals surface area contributed by atoms with Crippen molar-refractivity contribution in [2.24, 2.45) is 0 Å². The van der Waals surface area contributed by atoms with Crippen LogP contribution in [-0.2, 0) is 6.54 Å². The number of aromatic nitrogens is 2. The minimum atomic E-state index is -0.160. The Morgan fingerprint density at radius 2 is 2.08 bits per heavy atom. The van der Waals surface area contributed by atoms with Crippen LogP contribution in [-0.4, -0.2) is 29.1 Å². The lowest BCUT2D eigenvalue weighted by atomic mass is 10.2. The first-order valence-electron chi connectivity index (χ1n) is 7.89. The Kier molecular flexibility index (Phi) is 4.85. The van der Waals surface area contributed by atoms with Crippen molar-refractivity contribution in [3.8, 4) is 5.75 Å². The number of methoxy groups -OCH3 is 1. The molecule has 2 aromatic heterocycles. The Bertz CT molecular complexity index is 991. The van der Waals surface area contributed by atoms with E-state index >= 15 is 0 Å². The highest BCUT2D eigenvalue weighted by Gasteiger charge is 2.09. The normalized spacial score (nSPS) is 10.8. The van der Waals surface area contributed by atoms with E-state index in [-0.39, 0.29) is 11.5 Å². The Morgan fingerprint density at radius 1 is 1.28 bits per heavy atom. The lowest BCUT2D eigenvalue weighted by Gasteiger charge is -2.12. The molecule has 0 unspecified atom stereocenters. The number of hydrogen-bond acceptors (Lipinski definition) is 5. The van der Waals surface area contributed by atoms with Crippen LogP contribution in [0.15, 0.2) is 35.1 Å². The number of carbonyl (C=O) groups excluding carboxylic acids is 1. The van der Waals surface area contributed by atoms with Gasteiger partial charge in [0.25, 0.3) is 11.5 Å². The minimum absolute atomic E-state index is 0.146. The summed E-state index contributed by atoms with van der Waals surface area (Å²) in [6.45, 7) is 4.55. The van der Waals surface area contributed by atoms with Crippen molar-refractivity contribution in [2.45, 2.75) is 20.4 Å². The van der Waals surface area contributed by atoms with Crippen LogP contribution in [0.5, 0.6) is 5.75 Å². The van der Waals surface area contributed by atoms with Gasteiger partial charge in [-0.05, 0) is 38.1 Å². The smallest absolute Gasteiger partial charge is 0.254 e. The molecule has 1 aromatic carbocycles. The quantitative estimate of drug-likeness (QED) is 0.761. The number of benzene rings is 1. The molecule has 0 aliphatic rings. The molecule has 130 valence electrons. The molecular formula is C18H19N3O3S. The van der Waals surface area contributed by atoms with Crippen molar-refractivity contribution in [2.75, 3.05) is 13.7 Å². The fourth-order valence-corrected chi connectivity index (χ4v) is 3.53. The summed E-state index contributed by atoms with van der Waals surface area (Å²) < 4.78 is 7.68. The SMILES string of the molecule is COc1cc(C)n(CCNC(=O)c2ccc3nc(C)sc3c2)c(=O)c1. The molecule has 25 heavy (non-hydrogen) atoms. The number of rotatable bonds is 5. The van der Waals surface area contributed by atoms with E-state index in [2.05, 4.69) is 10.3 Å². The number of aryl methyl sites for hydroxylation is 2. The summed E-state index contributed by atoms with van der Waals surface area (Å²) in [6.07, 6.45) is 0. The van der Waals surface area contributed by atoms with Gasteiger partial charge in [0.1, 0.15) is 5.75 Å². The van der Waals surface area contributed by atoms with Crippen LogP contribution in [0.2, 0.25) is 0 Å². The second kappa shape index (κ2) is 7.06. The maximum atomic E-state index is 12.3. The van der Waals surface area contributed by atoms with E-state index in [1.165, 1.54) is 13.2 Å². The van der Waals surface area contributed by atoms with Gasteiger partial charge in [-0.15, -0.1) is 11.3 Å².